The van der Waals surface area contributed by atoms with Gasteiger partial charge in [0.2, 0.25) is 17.7 Å². The number of carbonyl (C=O) groups excluding carboxylic acids is 2. The van der Waals surface area contributed by atoms with Gasteiger partial charge in [0.05, 0.1) is 11.6 Å². The maximum Gasteiger partial charge on any atom is 0.237 e. The fourth-order valence-corrected chi connectivity index (χ4v) is 4.18. The normalized spacial score (nSPS) is 26.4. The Kier molecular flexibility index (Phi) is 3.36. The molecule has 2 amide bonds. The number of hydrogen-bond acceptors (Lipinski definition) is 5. The van der Waals surface area contributed by atoms with Crippen LogP contribution in [0.15, 0.2) is 10.6 Å². The fraction of sp³-hybridized carbons (Fsp3) is 0.643. The van der Waals surface area contributed by atoms with Crippen LogP contribution < -0.4 is 0 Å². The molecule has 1 aromatic heterocycles. The van der Waals surface area contributed by atoms with Gasteiger partial charge in [-0.05, 0) is 12.2 Å². The molecule has 1 atom stereocenters. The number of imide groups is 1. The summed E-state index contributed by atoms with van der Waals surface area (Å²) in [5, 5.41) is 0. The summed E-state index contributed by atoms with van der Waals surface area (Å²) in [6.07, 6.45) is 2.82. The van der Waals surface area contributed by atoms with Crippen molar-refractivity contribution in [3.8, 4) is 0 Å². The summed E-state index contributed by atoms with van der Waals surface area (Å²) in [7, 11) is 0. The first-order valence-corrected chi connectivity index (χ1v) is 8.04. The van der Waals surface area contributed by atoms with Crippen LogP contribution in [0.2, 0.25) is 0 Å². The molecule has 2 saturated heterocycles. The summed E-state index contributed by atoms with van der Waals surface area (Å²) in [4.78, 5) is 30.1. The quantitative estimate of drug-likeness (QED) is 0.800. The Morgan fingerprint density at radius 2 is 2.30 bits per heavy atom. The van der Waals surface area contributed by atoms with E-state index in [0.29, 0.717) is 12.3 Å². The molecule has 0 saturated carbocycles. The minimum absolute atomic E-state index is 0.0446. The number of hydrogen-bond donors (Lipinski definition) is 0. The van der Waals surface area contributed by atoms with Crippen molar-refractivity contribution in [3.05, 3.63) is 17.8 Å². The molecule has 2 aliphatic heterocycles. The highest BCUT2D eigenvalue weighted by atomic mass is 32.2. The maximum atomic E-state index is 12.5. The topological polar surface area (TPSA) is 63.4 Å². The third-order valence-corrected chi connectivity index (χ3v) is 5.28. The average molecular weight is 294 g/mol. The monoisotopic (exact) mass is 294 g/mol. The zero-order valence-electron chi connectivity index (χ0n) is 11.7. The van der Waals surface area contributed by atoms with E-state index in [9.17, 15) is 9.59 Å². The number of oxazole rings is 1. The van der Waals surface area contributed by atoms with Gasteiger partial charge in [-0.1, -0.05) is 13.8 Å². The SMILES string of the molecule is CC(C)c1cnc(CN2C(=O)C[C@@]3(CCSC3)C2=O)o1. The lowest BCUT2D eigenvalue weighted by Gasteiger charge is -2.19. The molecule has 20 heavy (non-hydrogen) atoms. The van der Waals surface area contributed by atoms with E-state index < -0.39 is 5.41 Å². The summed E-state index contributed by atoms with van der Waals surface area (Å²) in [6, 6.07) is 0. The number of rotatable bonds is 3. The van der Waals surface area contributed by atoms with Crippen molar-refractivity contribution in [1.29, 1.82) is 0 Å². The van der Waals surface area contributed by atoms with E-state index in [1.54, 1.807) is 18.0 Å². The summed E-state index contributed by atoms with van der Waals surface area (Å²) in [5.74, 6) is 3.06. The average Bonchev–Trinajstić information content (AvgIpc) is 3.08. The Bertz CT molecular complexity index is 546. The second-order valence-corrected chi connectivity index (χ2v) is 6.96. The van der Waals surface area contributed by atoms with Crippen molar-refractivity contribution in [2.24, 2.45) is 5.41 Å². The van der Waals surface area contributed by atoms with Crippen molar-refractivity contribution in [2.45, 2.75) is 39.2 Å². The van der Waals surface area contributed by atoms with Gasteiger partial charge in [0.15, 0.2) is 0 Å². The molecule has 5 nitrogen and oxygen atoms in total. The van der Waals surface area contributed by atoms with Crippen LogP contribution in [0.25, 0.3) is 0 Å². The van der Waals surface area contributed by atoms with Crippen LogP contribution in [0.5, 0.6) is 0 Å². The van der Waals surface area contributed by atoms with Gasteiger partial charge in [-0.25, -0.2) is 4.98 Å². The predicted molar refractivity (Wildman–Crippen MR) is 75.1 cm³/mol. The van der Waals surface area contributed by atoms with E-state index in [4.69, 9.17) is 4.42 Å². The third kappa shape index (κ3) is 2.16. The molecule has 3 heterocycles. The molecule has 0 aliphatic carbocycles. The minimum atomic E-state index is -0.449. The first-order chi connectivity index (χ1) is 9.52. The van der Waals surface area contributed by atoms with Crippen molar-refractivity contribution >= 4 is 23.6 Å². The first-order valence-electron chi connectivity index (χ1n) is 6.89. The summed E-state index contributed by atoms with van der Waals surface area (Å²) in [5.41, 5.74) is -0.449. The highest BCUT2D eigenvalue weighted by Gasteiger charge is 2.53. The molecule has 0 N–H and O–H groups in total. The van der Waals surface area contributed by atoms with Crippen molar-refractivity contribution in [3.63, 3.8) is 0 Å². The van der Waals surface area contributed by atoms with E-state index in [0.717, 1.165) is 23.7 Å². The molecular formula is C14H18N2O3S. The predicted octanol–water partition coefficient (Wildman–Crippen LogP) is 2.18. The van der Waals surface area contributed by atoms with Crippen LogP contribution in [-0.2, 0) is 16.1 Å². The van der Waals surface area contributed by atoms with Crippen LogP contribution in [0, 0.1) is 5.41 Å². The number of likely N-dealkylation sites (tertiary alicyclic amines) is 1. The molecule has 1 aromatic rings. The summed E-state index contributed by atoms with van der Waals surface area (Å²) < 4.78 is 5.59. The lowest BCUT2D eigenvalue weighted by Crippen LogP contribution is -2.35. The largest absolute Gasteiger partial charge is 0.443 e. The number of amides is 2. The van der Waals surface area contributed by atoms with Crippen LogP contribution >= 0.6 is 11.8 Å². The van der Waals surface area contributed by atoms with Gasteiger partial charge in [-0.15, -0.1) is 0 Å². The second kappa shape index (κ2) is 4.91. The van der Waals surface area contributed by atoms with Gasteiger partial charge in [-0.2, -0.15) is 11.8 Å². The molecule has 0 radical (unpaired) electrons. The lowest BCUT2D eigenvalue weighted by atomic mass is 9.86. The van der Waals surface area contributed by atoms with Gasteiger partial charge in [0.1, 0.15) is 12.3 Å². The van der Waals surface area contributed by atoms with E-state index in [-0.39, 0.29) is 24.3 Å². The molecule has 2 fully saturated rings. The van der Waals surface area contributed by atoms with Crippen LogP contribution in [0.3, 0.4) is 0 Å². The van der Waals surface area contributed by atoms with Gasteiger partial charge in [-0.3, -0.25) is 14.5 Å². The highest BCUT2D eigenvalue weighted by molar-refractivity contribution is 7.99. The maximum absolute atomic E-state index is 12.5. The Morgan fingerprint density at radius 3 is 2.90 bits per heavy atom. The Hall–Kier alpha value is -1.30. The minimum Gasteiger partial charge on any atom is -0.443 e. The third-order valence-electron chi connectivity index (χ3n) is 4.03. The molecule has 0 aromatic carbocycles. The van der Waals surface area contributed by atoms with E-state index >= 15 is 0 Å². The number of thioether (sulfide) groups is 1. The first kappa shape index (κ1) is 13.7. The molecule has 6 heteroatoms. The van der Waals surface area contributed by atoms with Crippen LogP contribution in [0.4, 0.5) is 0 Å². The van der Waals surface area contributed by atoms with Crippen LogP contribution in [-0.4, -0.2) is 33.2 Å². The molecule has 1 spiro atoms. The van der Waals surface area contributed by atoms with Crippen molar-refractivity contribution in [2.75, 3.05) is 11.5 Å². The molecule has 0 unspecified atom stereocenters. The second-order valence-electron chi connectivity index (χ2n) is 5.86. The number of nitrogens with zero attached hydrogens (tertiary/aromatic N) is 2. The Balaban J connectivity index is 1.76. The van der Waals surface area contributed by atoms with Gasteiger partial charge in [0.25, 0.3) is 0 Å². The Morgan fingerprint density at radius 1 is 1.50 bits per heavy atom. The molecule has 3 rings (SSSR count). The van der Waals surface area contributed by atoms with Gasteiger partial charge >= 0.3 is 0 Å². The summed E-state index contributed by atoms with van der Waals surface area (Å²) in [6.45, 7) is 4.19. The standard InChI is InChI=1S/C14H18N2O3S/c1-9(2)10-6-15-11(19-10)7-16-12(17)5-14(13(16)18)3-4-20-8-14/h6,9H,3-5,7-8H2,1-2H3/t14-/m1/s1. The Labute approximate surface area is 122 Å². The number of aromatic nitrogens is 1. The van der Waals surface area contributed by atoms with E-state index in [2.05, 4.69) is 4.98 Å². The molecule has 2 aliphatic rings. The zero-order valence-corrected chi connectivity index (χ0v) is 12.5. The molecule has 0 bridgehead atoms. The van der Waals surface area contributed by atoms with Gasteiger partial charge in [0, 0.05) is 18.1 Å². The smallest absolute Gasteiger partial charge is 0.237 e. The van der Waals surface area contributed by atoms with Gasteiger partial charge < -0.3 is 4.42 Å². The molecular weight excluding hydrogens is 276 g/mol. The van der Waals surface area contributed by atoms with E-state index in [1.807, 2.05) is 13.8 Å². The highest BCUT2D eigenvalue weighted by Crippen LogP contribution is 2.45. The van der Waals surface area contributed by atoms with Crippen molar-refractivity contribution in [1.82, 2.24) is 9.88 Å². The molecule has 108 valence electrons. The lowest BCUT2D eigenvalue weighted by molar-refractivity contribution is -0.142. The summed E-state index contributed by atoms with van der Waals surface area (Å²) >= 11 is 1.75. The van der Waals surface area contributed by atoms with Crippen LogP contribution in [0.1, 0.15) is 44.3 Å². The fourth-order valence-electron chi connectivity index (χ4n) is 2.74. The number of carbonyl (C=O) groups is 2. The zero-order chi connectivity index (χ0) is 14.3. The van der Waals surface area contributed by atoms with Crippen molar-refractivity contribution < 1.29 is 14.0 Å². The van der Waals surface area contributed by atoms with E-state index in [1.165, 1.54) is 4.90 Å².